The SMILES string of the molecule is O=C1CN(c2ccc(CNC(=O)c3ccccc3-c3ncc(-c4ccccc4F)o3)cc2)CCN1. The number of amides is 2. The Morgan fingerprint density at radius 1 is 1.03 bits per heavy atom. The van der Waals surface area contributed by atoms with Gasteiger partial charge in [-0.05, 0) is 42.0 Å². The number of oxazole rings is 1. The molecule has 0 radical (unpaired) electrons. The third-order valence-electron chi connectivity index (χ3n) is 5.84. The molecule has 176 valence electrons. The number of aromatic nitrogens is 1. The van der Waals surface area contributed by atoms with Crippen molar-refractivity contribution in [2.45, 2.75) is 6.54 Å². The molecule has 3 aromatic carbocycles. The van der Waals surface area contributed by atoms with Crippen LogP contribution in [0.4, 0.5) is 10.1 Å². The molecule has 7 nitrogen and oxygen atoms in total. The highest BCUT2D eigenvalue weighted by atomic mass is 19.1. The summed E-state index contributed by atoms with van der Waals surface area (Å²) in [4.78, 5) is 30.9. The van der Waals surface area contributed by atoms with Crippen molar-refractivity contribution in [1.82, 2.24) is 15.6 Å². The number of anilines is 1. The maximum absolute atomic E-state index is 14.1. The molecule has 2 amide bonds. The van der Waals surface area contributed by atoms with Crippen LogP contribution in [0.2, 0.25) is 0 Å². The van der Waals surface area contributed by atoms with Crippen LogP contribution < -0.4 is 15.5 Å². The Morgan fingerprint density at radius 2 is 1.77 bits per heavy atom. The van der Waals surface area contributed by atoms with E-state index in [4.69, 9.17) is 4.42 Å². The minimum Gasteiger partial charge on any atom is -0.436 e. The van der Waals surface area contributed by atoms with Gasteiger partial charge in [-0.3, -0.25) is 9.59 Å². The van der Waals surface area contributed by atoms with E-state index in [1.165, 1.54) is 12.3 Å². The number of piperazine rings is 1. The van der Waals surface area contributed by atoms with Crippen molar-refractivity contribution >= 4 is 17.5 Å². The molecule has 1 aliphatic heterocycles. The van der Waals surface area contributed by atoms with Gasteiger partial charge in [0.2, 0.25) is 11.8 Å². The van der Waals surface area contributed by atoms with Crippen LogP contribution in [-0.4, -0.2) is 36.4 Å². The van der Waals surface area contributed by atoms with Crippen LogP contribution in [0.25, 0.3) is 22.8 Å². The number of carbonyl (C=O) groups is 2. The summed E-state index contributed by atoms with van der Waals surface area (Å²) < 4.78 is 19.9. The molecule has 0 unspecified atom stereocenters. The summed E-state index contributed by atoms with van der Waals surface area (Å²) in [5, 5.41) is 5.75. The Balaban J connectivity index is 1.28. The molecule has 0 bridgehead atoms. The van der Waals surface area contributed by atoms with Crippen LogP contribution in [0.3, 0.4) is 0 Å². The zero-order chi connectivity index (χ0) is 24.2. The summed E-state index contributed by atoms with van der Waals surface area (Å²) >= 11 is 0. The molecule has 8 heteroatoms. The molecule has 2 heterocycles. The van der Waals surface area contributed by atoms with Crippen molar-refractivity contribution < 1.29 is 18.4 Å². The lowest BCUT2D eigenvalue weighted by atomic mass is 10.1. The molecule has 5 rings (SSSR count). The number of carbonyl (C=O) groups excluding carboxylic acids is 2. The van der Waals surface area contributed by atoms with Gasteiger partial charge in [0.25, 0.3) is 5.91 Å². The Morgan fingerprint density at radius 3 is 2.54 bits per heavy atom. The summed E-state index contributed by atoms with van der Waals surface area (Å²) in [5.41, 5.74) is 3.13. The average molecular weight is 471 g/mol. The first kappa shape index (κ1) is 22.3. The number of rotatable bonds is 6. The maximum Gasteiger partial charge on any atom is 0.252 e. The van der Waals surface area contributed by atoms with E-state index in [2.05, 4.69) is 15.6 Å². The van der Waals surface area contributed by atoms with Crippen LogP contribution in [0.15, 0.2) is 83.4 Å². The van der Waals surface area contributed by atoms with Crippen LogP contribution in [0.1, 0.15) is 15.9 Å². The monoisotopic (exact) mass is 470 g/mol. The summed E-state index contributed by atoms with van der Waals surface area (Å²) in [7, 11) is 0. The molecule has 0 spiro atoms. The van der Waals surface area contributed by atoms with Gasteiger partial charge in [0, 0.05) is 30.9 Å². The zero-order valence-corrected chi connectivity index (χ0v) is 18.8. The van der Waals surface area contributed by atoms with Gasteiger partial charge in [-0.1, -0.05) is 36.4 Å². The van der Waals surface area contributed by atoms with Gasteiger partial charge in [0.1, 0.15) is 5.82 Å². The molecule has 0 saturated carbocycles. The molecule has 1 aromatic heterocycles. The second-order valence-electron chi connectivity index (χ2n) is 8.18. The zero-order valence-electron chi connectivity index (χ0n) is 18.8. The Bertz CT molecular complexity index is 1370. The predicted octanol–water partition coefficient (Wildman–Crippen LogP) is 4.01. The Hall–Kier alpha value is -4.46. The Kier molecular flexibility index (Phi) is 6.26. The van der Waals surface area contributed by atoms with E-state index in [1.54, 1.807) is 42.5 Å². The molecule has 35 heavy (non-hydrogen) atoms. The van der Waals surface area contributed by atoms with Crippen LogP contribution >= 0.6 is 0 Å². The molecule has 4 aromatic rings. The molecule has 0 aliphatic carbocycles. The van der Waals surface area contributed by atoms with Gasteiger partial charge in [0.05, 0.1) is 23.9 Å². The van der Waals surface area contributed by atoms with E-state index in [1.807, 2.05) is 29.2 Å². The molecule has 1 saturated heterocycles. The summed E-state index contributed by atoms with van der Waals surface area (Å²) in [6.07, 6.45) is 1.45. The largest absolute Gasteiger partial charge is 0.436 e. The summed E-state index contributed by atoms with van der Waals surface area (Å²) in [5.74, 6) is -0.138. The second kappa shape index (κ2) is 9.80. The lowest BCUT2D eigenvalue weighted by Gasteiger charge is -2.28. The first-order valence-electron chi connectivity index (χ1n) is 11.3. The van der Waals surface area contributed by atoms with Gasteiger partial charge < -0.3 is 20.0 Å². The minimum absolute atomic E-state index is 0.0123. The van der Waals surface area contributed by atoms with E-state index in [0.29, 0.717) is 42.1 Å². The molecule has 1 aliphatic rings. The van der Waals surface area contributed by atoms with Crippen molar-refractivity contribution in [2.24, 2.45) is 0 Å². The standard InChI is InChI=1S/C27H23FN4O3/c28-23-8-4-3-7-22(23)24-16-31-27(35-24)21-6-2-1-5-20(21)26(34)30-15-18-9-11-19(12-10-18)32-14-13-29-25(33)17-32/h1-12,16H,13-15,17H2,(H,29,33)(H,30,34). The van der Waals surface area contributed by atoms with Gasteiger partial charge in [-0.15, -0.1) is 0 Å². The molecule has 1 fully saturated rings. The third-order valence-corrected chi connectivity index (χ3v) is 5.84. The van der Waals surface area contributed by atoms with Crippen molar-refractivity contribution in [3.63, 3.8) is 0 Å². The minimum atomic E-state index is -0.407. The second-order valence-corrected chi connectivity index (χ2v) is 8.18. The average Bonchev–Trinajstić information content (AvgIpc) is 3.38. The first-order chi connectivity index (χ1) is 17.1. The number of nitrogens with zero attached hydrogens (tertiary/aromatic N) is 2. The molecular formula is C27H23FN4O3. The fourth-order valence-corrected chi connectivity index (χ4v) is 4.01. The van der Waals surface area contributed by atoms with Crippen molar-refractivity contribution in [3.05, 3.63) is 95.9 Å². The lowest BCUT2D eigenvalue weighted by molar-refractivity contribution is -0.120. The number of halogens is 1. The highest BCUT2D eigenvalue weighted by molar-refractivity contribution is 6.00. The van der Waals surface area contributed by atoms with Gasteiger partial charge >= 0.3 is 0 Å². The Labute approximate surface area is 201 Å². The third kappa shape index (κ3) is 4.91. The van der Waals surface area contributed by atoms with Crippen molar-refractivity contribution in [3.8, 4) is 22.8 Å². The molecule has 2 N–H and O–H groups in total. The first-order valence-corrected chi connectivity index (χ1v) is 11.3. The van der Waals surface area contributed by atoms with Crippen LogP contribution in [0, 0.1) is 5.82 Å². The van der Waals surface area contributed by atoms with E-state index in [-0.39, 0.29) is 17.7 Å². The number of hydrogen-bond donors (Lipinski definition) is 2. The fraction of sp³-hybridized carbons (Fsp3) is 0.148. The van der Waals surface area contributed by atoms with E-state index >= 15 is 0 Å². The lowest BCUT2D eigenvalue weighted by Crippen LogP contribution is -2.47. The number of nitrogens with one attached hydrogen (secondary N) is 2. The molecular weight excluding hydrogens is 447 g/mol. The van der Waals surface area contributed by atoms with E-state index in [0.717, 1.165) is 17.8 Å². The van der Waals surface area contributed by atoms with Crippen molar-refractivity contribution in [2.75, 3.05) is 24.5 Å². The summed E-state index contributed by atoms with van der Waals surface area (Å²) in [6.45, 7) is 2.06. The topological polar surface area (TPSA) is 87.5 Å². The summed E-state index contributed by atoms with van der Waals surface area (Å²) in [6, 6.07) is 21.1. The van der Waals surface area contributed by atoms with Crippen LogP contribution in [-0.2, 0) is 11.3 Å². The normalized spacial score (nSPS) is 13.4. The van der Waals surface area contributed by atoms with Gasteiger partial charge in [-0.2, -0.15) is 0 Å². The number of hydrogen-bond acceptors (Lipinski definition) is 5. The molecule has 0 atom stereocenters. The predicted molar refractivity (Wildman–Crippen MR) is 130 cm³/mol. The quantitative estimate of drug-likeness (QED) is 0.445. The smallest absolute Gasteiger partial charge is 0.252 e. The highest BCUT2D eigenvalue weighted by Crippen LogP contribution is 2.29. The van der Waals surface area contributed by atoms with Gasteiger partial charge in [0.15, 0.2) is 5.76 Å². The maximum atomic E-state index is 14.1. The highest BCUT2D eigenvalue weighted by Gasteiger charge is 2.19. The fourth-order valence-electron chi connectivity index (χ4n) is 4.01. The number of benzene rings is 3. The van der Waals surface area contributed by atoms with Gasteiger partial charge in [-0.25, -0.2) is 9.37 Å². The van der Waals surface area contributed by atoms with E-state index in [9.17, 15) is 14.0 Å². The van der Waals surface area contributed by atoms with Crippen LogP contribution in [0.5, 0.6) is 0 Å². The van der Waals surface area contributed by atoms with Crippen molar-refractivity contribution in [1.29, 1.82) is 0 Å². The van der Waals surface area contributed by atoms with E-state index < -0.39 is 5.82 Å².